The molecule has 74 valence electrons. The van der Waals surface area contributed by atoms with Gasteiger partial charge in [0.2, 0.25) is 0 Å². The van der Waals surface area contributed by atoms with Gasteiger partial charge in [-0.1, -0.05) is 20.3 Å². The molecule has 2 nitrogen and oxygen atoms in total. The summed E-state index contributed by atoms with van der Waals surface area (Å²) in [4.78, 5) is 0. The minimum Gasteiger partial charge on any atom is -0.377 e. The second-order valence-corrected chi connectivity index (χ2v) is 3.19. The number of hydrogen-bond donors (Lipinski definition) is 1. The molecule has 0 rings (SSSR count). The standard InChI is InChI=1S/C10H23NO/c1-4-6-7-11-8-9-12-10(3)5-2/h10-11H,4-9H2,1-3H3. The van der Waals surface area contributed by atoms with Gasteiger partial charge in [0.15, 0.2) is 0 Å². The van der Waals surface area contributed by atoms with Gasteiger partial charge in [-0.3, -0.25) is 0 Å². The van der Waals surface area contributed by atoms with Crippen molar-refractivity contribution in [2.75, 3.05) is 19.7 Å². The van der Waals surface area contributed by atoms with Crippen molar-refractivity contribution < 1.29 is 4.74 Å². The molecule has 1 atom stereocenters. The molecule has 0 aromatic rings. The van der Waals surface area contributed by atoms with Crippen LogP contribution in [0.3, 0.4) is 0 Å². The third kappa shape index (κ3) is 8.02. The van der Waals surface area contributed by atoms with E-state index in [1.165, 1.54) is 12.8 Å². The van der Waals surface area contributed by atoms with Gasteiger partial charge in [0.25, 0.3) is 0 Å². The molecule has 0 aromatic heterocycles. The lowest BCUT2D eigenvalue weighted by Crippen LogP contribution is -2.22. The predicted molar refractivity (Wildman–Crippen MR) is 53.5 cm³/mol. The summed E-state index contributed by atoms with van der Waals surface area (Å²) in [5.74, 6) is 0. The second-order valence-electron chi connectivity index (χ2n) is 3.19. The summed E-state index contributed by atoms with van der Waals surface area (Å²) in [5.41, 5.74) is 0. The molecule has 0 bridgehead atoms. The van der Waals surface area contributed by atoms with Gasteiger partial charge >= 0.3 is 0 Å². The van der Waals surface area contributed by atoms with Crippen LogP contribution >= 0.6 is 0 Å². The van der Waals surface area contributed by atoms with Gasteiger partial charge < -0.3 is 10.1 Å². The van der Waals surface area contributed by atoms with Crippen molar-refractivity contribution in [3.8, 4) is 0 Å². The molecule has 0 aliphatic rings. The maximum absolute atomic E-state index is 5.51. The van der Waals surface area contributed by atoms with E-state index in [9.17, 15) is 0 Å². The summed E-state index contributed by atoms with van der Waals surface area (Å²) in [6.07, 6.45) is 4.05. The fourth-order valence-corrected chi connectivity index (χ4v) is 0.877. The quantitative estimate of drug-likeness (QED) is 0.568. The first-order chi connectivity index (χ1) is 5.81. The minimum absolute atomic E-state index is 0.415. The first-order valence-corrected chi connectivity index (χ1v) is 5.13. The molecule has 0 aliphatic heterocycles. The maximum Gasteiger partial charge on any atom is 0.0594 e. The molecule has 0 aliphatic carbocycles. The molecule has 0 saturated carbocycles. The lowest BCUT2D eigenvalue weighted by Gasteiger charge is -2.10. The monoisotopic (exact) mass is 173 g/mol. The zero-order chi connectivity index (χ0) is 9.23. The van der Waals surface area contributed by atoms with Gasteiger partial charge in [-0.15, -0.1) is 0 Å². The van der Waals surface area contributed by atoms with Crippen LogP contribution in [0.4, 0.5) is 0 Å². The Morgan fingerprint density at radius 1 is 1.25 bits per heavy atom. The SMILES string of the molecule is CCCCNCCOC(C)CC. The third-order valence-electron chi connectivity index (χ3n) is 1.96. The molecular formula is C10H23NO. The van der Waals surface area contributed by atoms with Crippen molar-refractivity contribution in [2.45, 2.75) is 46.1 Å². The molecule has 0 heterocycles. The van der Waals surface area contributed by atoms with Crippen LogP contribution < -0.4 is 5.32 Å². The van der Waals surface area contributed by atoms with Crippen LogP contribution in [0.25, 0.3) is 0 Å². The average Bonchev–Trinajstić information content (AvgIpc) is 2.10. The highest BCUT2D eigenvalue weighted by molar-refractivity contribution is 4.48. The van der Waals surface area contributed by atoms with E-state index in [-0.39, 0.29) is 0 Å². The molecular weight excluding hydrogens is 150 g/mol. The highest BCUT2D eigenvalue weighted by Gasteiger charge is 1.95. The largest absolute Gasteiger partial charge is 0.377 e. The Labute approximate surface area is 76.7 Å². The molecule has 0 aromatic carbocycles. The Hall–Kier alpha value is -0.0800. The van der Waals surface area contributed by atoms with Gasteiger partial charge in [0.05, 0.1) is 12.7 Å². The zero-order valence-electron chi connectivity index (χ0n) is 8.73. The first-order valence-electron chi connectivity index (χ1n) is 5.13. The lowest BCUT2D eigenvalue weighted by atomic mass is 10.3. The number of ether oxygens (including phenoxy) is 1. The zero-order valence-corrected chi connectivity index (χ0v) is 8.73. The van der Waals surface area contributed by atoms with Gasteiger partial charge in [-0.25, -0.2) is 0 Å². The maximum atomic E-state index is 5.51. The number of nitrogens with one attached hydrogen (secondary N) is 1. The molecule has 1 unspecified atom stereocenters. The Balaban J connectivity index is 2.90. The topological polar surface area (TPSA) is 21.3 Å². The Bertz CT molecular complexity index is 85.9. The van der Waals surface area contributed by atoms with Gasteiger partial charge in [-0.2, -0.15) is 0 Å². The third-order valence-corrected chi connectivity index (χ3v) is 1.96. The lowest BCUT2D eigenvalue weighted by molar-refractivity contribution is 0.0657. The van der Waals surface area contributed by atoms with Crippen molar-refractivity contribution in [1.29, 1.82) is 0 Å². The van der Waals surface area contributed by atoms with E-state index in [4.69, 9.17) is 4.74 Å². The van der Waals surface area contributed by atoms with Crippen molar-refractivity contribution in [1.82, 2.24) is 5.32 Å². The molecule has 12 heavy (non-hydrogen) atoms. The van der Waals surface area contributed by atoms with Crippen LogP contribution in [0.1, 0.15) is 40.0 Å². The highest BCUT2D eigenvalue weighted by Crippen LogP contribution is 1.93. The average molecular weight is 173 g/mol. The summed E-state index contributed by atoms with van der Waals surface area (Å²) in [5, 5.41) is 3.34. The molecule has 0 saturated heterocycles. The molecule has 2 heteroatoms. The van der Waals surface area contributed by atoms with Crippen LogP contribution in [0.2, 0.25) is 0 Å². The van der Waals surface area contributed by atoms with E-state index >= 15 is 0 Å². The van der Waals surface area contributed by atoms with Gasteiger partial charge in [0, 0.05) is 6.54 Å². The molecule has 0 spiro atoms. The molecule has 0 fully saturated rings. The summed E-state index contributed by atoms with van der Waals surface area (Å²) in [6.45, 7) is 9.43. The van der Waals surface area contributed by atoms with Crippen LogP contribution in [0.5, 0.6) is 0 Å². The van der Waals surface area contributed by atoms with E-state index in [0.717, 1.165) is 26.1 Å². The van der Waals surface area contributed by atoms with E-state index in [2.05, 4.69) is 26.1 Å². The Kier molecular flexibility index (Phi) is 8.95. The highest BCUT2D eigenvalue weighted by atomic mass is 16.5. The Morgan fingerprint density at radius 3 is 2.58 bits per heavy atom. The summed E-state index contributed by atoms with van der Waals surface area (Å²) >= 11 is 0. The second kappa shape index (κ2) is 9.01. The minimum atomic E-state index is 0.415. The van der Waals surface area contributed by atoms with Crippen molar-refractivity contribution >= 4 is 0 Å². The van der Waals surface area contributed by atoms with Crippen LogP contribution in [0.15, 0.2) is 0 Å². The van der Waals surface area contributed by atoms with Crippen molar-refractivity contribution in [2.24, 2.45) is 0 Å². The van der Waals surface area contributed by atoms with E-state index in [0.29, 0.717) is 6.10 Å². The van der Waals surface area contributed by atoms with Gasteiger partial charge in [-0.05, 0) is 26.3 Å². The summed E-state index contributed by atoms with van der Waals surface area (Å²) < 4.78 is 5.51. The Morgan fingerprint density at radius 2 is 2.00 bits per heavy atom. The number of unbranched alkanes of at least 4 members (excludes halogenated alkanes) is 1. The molecule has 0 radical (unpaired) electrons. The van der Waals surface area contributed by atoms with Crippen LogP contribution in [0, 0.1) is 0 Å². The van der Waals surface area contributed by atoms with Crippen LogP contribution in [-0.2, 0) is 4.74 Å². The normalized spacial score (nSPS) is 13.2. The predicted octanol–water partition coefficient (Wildman–Crippen LogP) is 2.19. The van der Waals surface area contributed by atoms with E-state index in [1.807, 2.05) is 0 Å². The number of rotatable bonds is 8. The van der Waals surface area contributed by atoms with Crippen LogP contribution in [-0.4, -0.2) is 25.8 Å². The smallest absolute Gasteiger partial charge is 0.0594 e. The molecule has 1 N–H and O–H groups in total. The summed E-state index contributed by atoms with van der Waals surface area (Å²) in [6, 6.07) is 0. The van der Waals surface area contributed by atoms with Crippen molar-refractivity contribution in [3.05, 3.63) is 0 Å². The number of hydrogen-bond acceptors (Lipinski definition) is 2. The van der Waals surface area contributed by atoms with Crippen molar-refractivity contribution in [3.63, 3.8) is 0 Å². The fourth-order valence-electron chi connectivity index (χ4n) is 0.877. The van der Waals surface area contributed by atoms with Gasteiger partial charge in [0.1, 0.15) is 0 Å². The first kappa shape index (κ1) is 11.9. The summed E-state index contributed by atoms with van der Waals surface area (Å²) in [7, 11) is 0. The van der Waals surface area contributed by atoms with E-state index in [1.54, 1.807) is 0 Å². The fraction of sp³-hybridized carbons (Fsp3) is 1.00. The molecule has 0 amide bonds. The van der Waals surface area contributed by atoms with E-state index < -0.39 is 0 Å².